The van der Waals surface area contributed by atoms with E-state index in [1.54, 1.807) is 0 Å². The van der Waals surface area contributed by atoms with Crippen molar-refractivity contribution in [3.8, 4) is 0 Å². The molecule has 4 rings (SSSR count). The molecule has 0 saturated carbocycles. The summed E-state index contributed by atoms with van der Waals surface area (Å²) in [7, 11) is 0. The van der Waals surface area contributed by atoms with Crippen molar-refractivity contribution in [2.45, 2.75) is 32.9 Å². The Morgan fingerprint density at radius 3 is 2.83 bits per heavy atom. The van der Waals surface area contributed by atoms with Gasteiger partial charge in [0.1, 0.15) is 5.82 Å². The van der Waals surface area contributed by atoms with Crippen LogP contribution in [0.3, 0.4) is 0 Å². The first-order chi connectivity index (χ1) is 11.7. The standard InChI is InChI=1S/C20H21N3O/c1-2-14-7-8-18-17(11-14)20(24)22-19(21-18)13-23-10-9-15-5-3-4-6-16(15)12-23/h3-8,11H,2,9-10,12-13H2,1H3,(H,21,22,24). The number of aromatic nitrogens is 2. The van der Waals surface area contributed by atoms with Crippen molar-refractivity contribution in [3.05, 3.63) is 75.3 Å². The SMILES string of the molecule is CCc1ccc2nc(CN3CCc4ccccc4C3)[nH]c(=O)c2c1. The number of benzene rings is 2. The van der Waals surface area contributed by atoms with Crippen molar-refractivity contribution in [2.75, 3.05) is 6.54 Å². The Hall–Kier alpha value is -2.46. The lowest BCUT2D eigenvalue weighted by Gasteiger charge is -2.28. The van der Waals surface area contributed by atoms with E-state index in [0.717, 1.165) is 42.8 Å². The molecule has 0 saturated heterocycles. The molecule has 4 nitrogen and oxygen atoms in total. The average molecular weight is 319 g/mol. The molecule has 0 amide bonds. The van der Waals surface area contributed by atoms with Gasteiger partial charge >= 0.3 is 0 Å². The quantitative estimate of drug-likeness (QED) is 0.807. The number of nitrogens with one attached hydrogen (secondary N) is 1. The van der Waals surface area contributed by atoms with Gasteiger partial charge in [-0.2, -0.15) is 0 Å². The van der Waals surface area contributed by atoms with E-state index in [9.17, 15) is 4.79 Å². The van der Waals surface area contributed by atoms with Gasteiger partial charge in [0, 0.05) is 13.1 Å². The number of fused-ring (bicyclic) bond motifs is 2. The first-order valence-corrected chi connectivity index (χ1v) is 8.54. The van der Waals surface area contributed by atoms with Crippen LogP contribution in [0.15, 0.2) is 47.3 Å². The zero-order valence-corrected chi connectivity index (χ0v) is 13.9. The second kappa shape index (κ2) is 6.21. The summed E-state index contributed by atoms with van der Waals surface area (Å²) >= 11 is 0. The molecular formula is C20H21N3O. The van der Waals surface area contributed by atoms with Gasteiger partial charge in [-0.15, -0.1) is 0 Å². The normalized spacial score (nSPS) is 14.7. The summed E-state index contributed by atoms with van der Waals surface area (Å²) in [5.41, 5.74) is 4.71. The molecule has 0 fully saturated rings. The second-order valence-corrected chi connectivity index (χ2v) is 6.45. The molecule has 0 radical (unpaired) electrons. The lowest BCUT2D eigenvalue weighted by atomic mass is 10.00. The maximum absolute atomic E-state index is 12.4. The number of hydrogen-bond donors (Lipinski definition) is 1. The third kappa shape index (κ3) is 2.85. The van der Waals surface area contributed by atoms with Crippen LogP contribution in [0.25, 0.3) is 10.9 Å². The molecule has 0 aliphatic carbocycles. The second-order valence-electron chi connectivity index (χ2n) is 6.45. The smallest absolute Gasteiger partial charge is 0.258 e. The fourth-order valence-corrected chi connectivity index (χ4v) is 3.43. The molecule has 1 aliphatic rings. The Morgan fingerprint density at radius 1 is 1.17 bits per heavy atom. The highest BCUT2D eigenvalue weighted by atomic mass is 16.1. The summed E-state index contributed by atoms with van der Waals surface area (Å²) in [6.07, 6.45) is 1.97. The van der Waals surface area contributed by atoms with Crippen LogP contribution >= 0.6 is 0 Å². The van der Waals surface area contributed by atoms with Gasteiger partial charge in [-0.3, -0.25) is 9.69 Å². The Kier molecular flexibility index (Phi) is 3.90. The first kappa shape index (κ1) is 15.1. The molecule has 0 bridgehead atoms. The van der Waals surface area contributed by atoms with Crippen molar-refractivity contribution < 1.29 is 0 Å². The van der Waals surface area contributed by atoms with Crippen LogP contribution in [-0.2, 0) is 25.9 Å². The van der Waals surface area contributed by atoms with E-state index < -0.39 is 0 Å². The summed E-state index contributed by atoms with van der Waals surface area (Å²) in [6, 6.07) is 14.5. The molecule has 1 aromatic heterocycles. The van der Waals surface area contributed by atoms with Crippen LogP contribution < -0.4 is 5.56 Å². The third-order valence-corrected chi connectivity index (χ3v) is 4.81. The molecule has 2 heterocycles. The van der Waals surface area contributed by atoms with Crippen molar-refractivity contribution in [2.24, 2.45) is 0 Å². The van der Waals surface area contributed by atoms with Gasteiger partial charge in [-0.25, -0.2) is 4.98 Å². The lowest BCUT2D eigenvalue weighted by molar-refractivity contribution is 0.239. The number of hydrogen-bond acceptors (Lipinski definition) is 3. The summed E-state index contributed by atoms with van der Waals surface area (Å²) in [5.74, 6) is 0.746. The summed E-state index contributed by atoms with van der Waals surface area (Å²) in [5, 5.41) is 0.682. The van der Waals surface area contributed by atoms with E-state index in [1.807, 2.05) is 12.1 Å². The highest BCUT2D eigenvalue weighted by Gasteiger charge is 2.17. The molecule has 24 heavy (non-hydrogen) atoms. The molecule has 2 aromatic carbocycles. The molecular weight excluding hydrogens is 298 g/mol. The summed E-state index contributed by atoms with van der Waals surface area (Å²) in [4.78, 5) is 22.4. The predicted octanol–water partition coefficient (Wildman–Crippen LogP) is 3.04. The van der Waals surface area contributed by atoms with E-state index in [1.165, 1.54) is 11.1 Å². The minimum atomic E-state index is -0.0392. The molecule has 0 spiro atoms. The number of rotatable bonds is 3. The predicted molar refractivity (Wildman–Crippen MR) is 96.0 cm³/mol. The molecule has 0 unspecified atom stereocenters. The molecule has 122 valence electrons. The van der Waals surface area contributed by atoms with Gasteiger partial charge in [0.15, 0.2) is 0 Å². The zero-order valence-electron chi connectivity index (χ0n) is 13.9. The fraction of sp³-hybridized carbons (Fsp3) is 0.300. The van der Waals surface area contributed by atoms with Crippen molar-refractivity contribution in [1.29, 1.82) is 0 Å². The van der Waals surface area contributed by atoms with Gasteiger partial charge in [0.25, 0.3) is 5.56 Å². The number of H-pyrrole nitrogens is 1. The van der Waals surface area contributed by atoms with Crippen LogP contribution in [0.1, 0.15) is 29.4 Å². The molecule has 4 heteroatoms. The largest absolute Gasteiger partial charge is 0.309 e. The van der Waals surface area contributed by atoms with Gasteiger partial charge in [0.2, 0.25) is 0 Å². The lowest BCUT2D eigenvalue weighted by Crippen LogP contribution is -2.31. The van der Waals surface area contributed by atoms with Gasteiger partial charge < -0.3 is 4.98 Å². The Morgan fingerprint density at radius 2 is 2.00 bits per heavy atom. The third-order valence-electron chi connectivity index (χ3n) is 4.81. The van der Waals surface area contributed by atoms with Crippen molar-refractivity contribution >= 4 is 10.9 Å². The Balaban J connectivity index is 1.60. The van der Waals surface area contributed by atoms with Gasteiger partial charge in [-0.05, 0) is 41.7 Å². The highest BCUT2D eigenvalue weighted by Crippen LogP contribution is 2.19. The number of nitrogens with zero attached hydrogens (tertiary/aromatic N) is 2. The molecule has 3 aromatic rings. The zero-order chi connectivity index (χ0) is 16.5. The van der Waals surface area contributed by atoms with Gasteiger partial charge in [-0.1, -0.05) is 37.3 Å². The minimum Gasteiger partial charge on any atom is -0.309 e. The Bertz CT molecular complexity index is 945. The van der Waals surface area contributed by atoms with Crippen LogP contribution in [0, 0.1) is 0 Å². The number of aryl methyl sites for hydroxylation is 1. The number of aromatic amines is 1. The van der Waals surface area contributed by atoms with E-state index in [4.69, 9.17) is 0 Å². The fourth-order valence-electron chi connectivity index (χ4n) is 3.43. The van der Waals surface area contributed by atoms with Crippen LogP contribution in [0.4, 0.5) is 0 Å². The summed E-state index contributed by atoms with van der Waals surface area (Å²) in [6.45, 7) is 4.67. The Labute approximate surface area is 141 Å². The van der Waals surface area contributed by atoms with Crippen LogP contribution in [0.5, 0.6) is 0 Å². The van der Waals surface area contributed by atoms with E-state index in [2.05, 4.69) is 52.1 Å². The van der Waals surface area contributed by atoms with Crippen molar-refractivity contribution in [3.63, 3.8) is 0 Å². The van der Waals surface area contributed by atoms with E-state index in [-0.39, 0.29) is 5.56 Å². The first-order valence-electron chi connectivity index (χ1n) is 8.54. The molecule has 0 atom stereocenters. The van der Waals surface area contributed by atoms with E-state index in [0.29, 0.717) is 11.9 Å². The van der Waals surface area contributed by atoms with Gasteiger partial charge in [0.05, 0.1) is 17.4 Å². The molecule has 1 aliphatic heterocycles. The van der Waals surface area contributed by atoms with Crippen LogP contribution in [-0.4, -0.2) is 21.4 Å². The highest BCUT2D eigenvalue weighted by molar-refractivity contribution is 5.78. The monoisotopic (exact) mass is 319 g/mol. The average Bonchev–Trinajstić information content (AvgIpc) is 2.61. The summed E-state index contributed by atoms with van der Waals surface area (Å²) < 4.78 is 0. The maximum atomic E-state index is 12.4. The molecule has 1 N–H and O–H groups in total. The van der Waals surface area contributed by atoms with Crippen LogP contribution in [0.2, 0.25) is 0 Å². The topological polar surface area (TPSA) is 49.0 Å². The minimum absolute atomic E-state index is 0.0392. The van der Waals surface area contributed by atoms with Crippen molar-refractivity contribution in [1.82, 2.24) is 14.9 Å². The van der Waals surface area contributed by atoms with E-state index >= 15 is 0 Å². The maximum Gasteiger partial charge on any atom is 0.258 e.